The third kappa shape index (κ3) is 4.47. The van der Waals surface area contributed by atoms with Crippen molar-refractivity contribution < 1.29 is 28.0 Å². The maximum absolute atomic E-state index is 13.1. The predicted octanol–water partition coefficient (Wildman–Crippen LogP) is 2.93. The molecule has 172 valence electrons. The maximum Gasteiger partial charge on any atom is 0.402 e. The van der Waals surface area contributed by atoms with Crippen LogP contribution < -0.4 is 4.74 Å². The molecule has 2 heterocycles. The Hall–Kier alpha value is -2.20. The molecule has 3 atom stereocenters. The lowest BCUT2D eigenvalue weighted by molar-refractivity contribution is -0.150. The fraction of sp³-hybridized carbons (Fsp3) is 0.435. The molecule has 32 heavy (non-hydrogen) atoms. The van der Waals surface area contributed by atoms with E-state index in [1.54, 1.807) is 18.7 Å². The van der Waals surface area contributed by atoms with Gasteiger partial charge in [0, 0.05) is 31.3 Å². The van der Waals surface area contributed by atoms with Crippen molar-refractivity contribution in [3.05, 3.63) is 59.7 Å². The number of amides is 1. The van der Waals surface area contributed by atoms with E-state index >= 15 is 0 Å². The number of carbonyl (C=O) groups excluding carboxylic acids is 1. The fourth-order valence-corrected chi connectivity index (χ4v) is 4.97. The van der Waals surface area contributed by atoms with Crippen molar-refractivity contribution in [3.63, 3.8) is 0 Å². The molecule has 0 spiro atoms. The minimum Gasteiger partial charge on any atom is -0.607 e. The molecule has 1 saturated heterocycles. The molecule has 2 aliphatic rings. The highest BCUT2D eigenvalue weighted by molar-refractivity contribution is 7.91. The number of rotatable bonds is 5. The molecule has 9 heteroatoms. The normalized spacial score (nSPS) is 24.2. The lowest BCUT2D eigenvalue weighted by Crippen LogP contribution is -2.59. The van der Waals surface area contributed by atoms with Crippen LogP contribution in [0.2, 0.25) is 0 Å². The Morgan fingerprint density at radius 2 is 1.94 bits per heavy atom. The number of piperazine rings is 1. The molecule has 0 bridgehead atoms. The number of aliphatic hydroxyl groups excluding tert-OH is 1. The number of aliphatic hydroxyl groups is 1. The Labute approximate surface area is 189 Å². The van der Waals surface area contributed by atoms with E-state index in [2.05, 4.69) is 0 Å². The van der Waals surface area contributed by atoms with E-state index in [4.69, 9.17) is 4.74 Å². The Kier molecular flexibility index (Phi) is 6.44. The molecule has 1 amide bonds. The van der Waals surface area contributed by atoms with Crippen LogP contribution in [0.3, 0.4) is 0 Å². The summed E-state index contributed by atoms with van der Waals surface area (Å²) >= 11 is -2.50. The van der Waals surface area contributed by atoms with E-state index in [-0.39, 0.29) is 17.3 Å². The van der Waals surface area contributed by atoms with Crippen LogP contribution in [-0.2, 0) is 22.5 Å². The summed E-state index contributed by atoms with van der Waals surface area (Å²) in [6, 6.07) is 13.3. The van der Waals surface area contributed by atoms with Crippen molar-refractivity contribution in [2.45, 2.75) is 48.8 Å². The van der Waals surface area contributed by atoms with E-state index in [0.29, 0.717) is 30.9 Å². The molecule has 1 fully saturated rings. The summed E-state index contributed by atoms with van der Waals surface area (Å²) in [6.45, 7) is 5.21. The van der Waals surface area contributed by atoms with Crippen LogP contribution in [0.5, 0.6) is 5.75 Å². The highest BCUT2D eigenvalue weighted by Crippen LogP contribution is 2.44. The first-order chi connectivity index (χ1) is 15.2. The average molecular weight is 465 g/mol. The van der Waals surface area contributed by atoms with Gasteiger partial charge in [-0.15, -0.1) is 0 Å². The van der Waals surface area contributed by atoms with Gasteiger partial charge in [-0.2, -0.15) is 8.78 Å². The first-order valence-electron chi connectivity index (χ1n) is 10.4. The second kappa shape index (κ2) is 8.97. The number of fused-ring (bicyclic) bond motifs is 1. The van der Waals surface area contributed by atoms with Gasteiger partial charge in [0.2, 0.25) is 5.91 Å². The van der Waals surface area contributed by atoms with E-state index < -0.39 is 34.7 Å². The number of halogens is 2. The monoisotopic (exact) mass is 464 g/mol. The second-order valence-corrected chi connectivity index (χ2v) is 10.1. The highest BCUT2D eigenvalue weighted by Gasteiger charge is 2.48. The van der Waals surface area contributed by atoms with Gasteiger partial charge in [-0.25, -0.2) is 0 Å². The number of alkyl halides is 2. The van der Waals surface area contributed by atoms with Crippen molar-refractivity contribution >= 4 is 17.1 Å². The first kappa shape index (κ1) is 23.0. The van der Waals surface area contributed by atoms with Crippen LogP contribution in [0.25, 0.3) is 0 Å². The number of hydrogen-bond donors (Lipinski definition) is 1. The minimum atomic E-state index is -3.03. The third-order valence-corrected chi connectivity index (χ3v) is 7.04. The molecule has 1 N–H and O–H groups in total. The van der Waals surface area contributed by atoms with Gasteiger partial charge in [-0.05, 0) is 31.5 Å². The largest absolute Gasteiger partial charge is 0.607 e. The van der Waals surface area contributed by atoms with Crippen molar-refractivity contribution in [2.24, 2.45) is 0 Å². The van der Waals surface area contributed by atoms with Crippen LogP contribution in [0.1, 0.15) is 31.0 Å². The summed E-state index contributed by atoms with van der Waals surface area (Å²) in [4.78, 5) is 16.7. The van der Waals surface area contributed by atoms with Gasteiger partial charge in [0.05, 0.1) is 23.8 Å². The summed E-state index contributed by atoms with van der Waals surface area (Å²) in [7, 11) is 0. The van der Waals surface area contributed by atoms with Crippen molar-refractivity contribution in [1.29, 1.82) is 0 Å². The molecule has 0 aliphatic carbocycles. The molecule has 2 aliphatic heterocycles. The van der Waals surface area contributed by atoms with Gasteiger partial charge >= 0.3 is 5.76 Å². The van der Waals surface area contributed by atoms with Crippen LogP contribution in [0, 0.1) is 0 Å². The Morgan fingerprint density at radius 1 is 1.22 bits per heavy atom. The predicted molar refractivity (Wildman–Crippen MR) is 116 cm³/mol. The molecule has 0 aromatic heterocycles. The molecule has 0 radical (unpaired) electrons. The lowest BCUT2D eigenvalue weighted by Gasteiger charge is -2.48. The Balaban J connectivity index is 1.61. The molecular formula is C23H26F2N2O4S. The number of hydrogen-bond acceptors (Lipinski definition) is 5. The number of carbonyl (C=O) groups is 1. The zero-order valence-electron chi connectivity index (χ0n) is 17.9. The molecular weight excluding hydrogens is 438 g/mol. The fourth-order valence-electron chi connectivity index (χ4n) is 4.32. The average Bonchev–Trinajstić information content (AvgIpc) is 2.75. The standard InChI is InChI=1S/C23H26F2N2O4S/c1-23(2)21(29)20(17-12-16(32(30)22(24)25)8-9-18(17)31-23)27-11-10-26(14-19(27)28)13-15-6-4-3-5-7-15/h3-9,12,20-22,29H,10-11,13-14H2,1-2H3. The van der Waals surface area contributed by atoms with Gasteiger partial charge in [-0.3, -0.25) is 9.69 Å². The van der Waals surface area contributed by atoms with Gasteiger partial charge in [-0.1, -0.05) is 30.3 Å². The third-order valence-electron chi connectivity index (χ3n) is 6.00. The number of benzene rings is 2. The highest BCUT2D eigenvalue weighted by atomic mass is 32.2. The summed E-state index contributed by atoms with van der Waals surface area (Å²) in [5.74, 6) is -2.80. The molecule has 3 unspecified atom stereocenters. The van der Waals surface area contributed by atoms with Gasteiger partial charge in [0.15, 0.2) is 4.90 Å². The van der Waals surface area contributed by atoms with Gasteiger partial charge < -0.3 is 19.3 Å². The SMILES string of the molecule is CC1(C)Oc2ccc([S+]([O-])C(F)F)cc2C(N2CCN(Cc3ccccc3)CC2=O)C1O. The zero-order chi connectivity index (χ0) is 23.0. The zero-order valence-corrected chi connectivity index (χ0v) is 18.7. The van der Waals surface area contributed by atoms with Crippen LogP contribution in [0.15, 0.2) is 53.4 Å². The van der Waals surface area contributed by atoms with Gasteiger partial charge in [0.25, 0.3) is 0 Å². The Morgan fingerprint density at radius 3 is 2.59 bits per heavy atom. The topological polar surface area (TPSA) is 76.1 Å². The van der Waals surface area contributed by atoms with Crippen LogP contribution in [-0.4, -0.2) is 62.5 Å². The molecule has 2 aromatic carbocycles. The smallest absolute Gasteiger partial charge is 0.402 e. The van der Waals surface area contributed by atoms with Crippen molar-refractivity contribution in [1.82, 2.24) is 9.80 Å². The summed E-state index contributed by atoms with van der Waals surface area (Å²) < 4.78 is 43.9. The quantitative estimate of drug-likeness (QED) is 0.689. The van der Waals surface area contributed by atoms with Crippen molar-refractivity contribution in [2.75, 3.05) is 19.6 Å². The van der Waals surface area contributed by atoms with E-state index in [0.717, 1.165) is 5.56 Å². The molecule has 4 rings (SSSR count). The Bertz CT molecular complexity index is 976. The lowest BCUT2D eigenvalue weighted by atomic mass is 9.85. The summed E-state index contributed by atoms with van der Waals surface area (Å²) in [5, 5.41) is 11.1. The van der Waals surface area contributed by atoms with Gasteiger partial charge in [0.1, 0.15) is 17.5 Å². The van der Waals surface area contributed by atoms with E-state index in [1.165, 1.54) is 18.2 Å². The second-order valence-electron chi connectivity index (χ2n) is 8.64. The molecule has 0 saturated carbocycles. The number of nitrogens with zero attached hydrogens (tertiary/aromatic N) is 2. The molecule has 2 aromatic rings. The number of ether oxygens (including phenoxy) is 1. The van der Waals surface area contributed by atoms with Crippen LogP contribution in [0.4, 0.5) is 8.78 Å². The summed E-state index contributed by atoms with van der Waals surface area (Å²) in [6.07, 6.45) is -1.09. The minimum absolute atomic E-state index is 0.0607. The van der Waals surface area contributed by atoms with Crippen molar-refractivity contribution in [3.8, 4) is 5.75 Å². The molecule has 6 nitrogen and oxygen atoms in total. The van der Waals surface area contributed by atoms with E-state index in [1.807, 2.05) is 35.2 Å². The summed E-state index contributed by atoms with van der Waals surface area (Å²) in [5.41, 5.74) is 0.501. The first-order valence-corrected chi connectivity index (χ1v) is 11.6. The van der Waals surface area contributed by atoms with E-state index in [9.17, 15) is 23.2 Å². The maximum atomic E-state index is 13.1. The van der Waals surface area contributed by atoms with Crippen LogP contribution >= 0.6 is 0 Å².